The fourth-order valence-corrected chi connectivity index (χ4v) is 4.00. The Morgan fingerprint density at radius 2 is 1.75 bits per heavy atom. The van der Waals surface area contributed by atoms with Gasteiger partial charge in [0, 0.05) is 58.7 Å². The smallest absolute Gasteiger partial charge is 0.259 e. The van der Waals surface area contributed by atoms with E-state index in [1.54, 1.807) is 37.7 Å². The van der Waals surface area contributed by atoms with Crippen molar-refractivity contribution in [2.75, 3.05) is 61.9 Å². The molecule has 3 heterocycles. The lowest BCUT2D eigenvalue weighted by atomic mass is 10.1. The minimum Gasteiger partial charge on any atom is -0.444 e. The number of nitrogens with one attached hydrogen (secondary N) is 1. The van der Waals surface area contributed by atoms with Crippen molar-refractivity contribution in [2.24, 2.45) is 0 Å². The monoisotopic (exact) mass is 434 g/mol. The first-order chi connectivity index (χ1) is 15.6. The molecule has 168 valence electrons. The Hall–Kier alpha value is -3.55. The summed E-state index contributed by atoms with van der Waals surface area (Å²) < 4.78 is 5.55. The third-order valence-corrected chi connectivity index (χ3v) is 5.62. The van der Waals surface area contributed by atoms with E-state index in [9.17, 15) is 4.79 Å². The number of carbonyl (C=O) groups is 1. The first kappa shape index (κ1) is 21.7. The first-order valence-corrected chi connectivity index (χ1v) is 11.0. The summed E-state index contributed by atoms with van der Waals surface area (Å²) in [5, 5.41) is 3.32. The standard InChI is InChI=1S/C24H30N6O2/c1-4-10-25-22-21(24(31)28(2)3)20(9-11-26-22)30-15-13-29(14-16-30)19-8-6-5-7-18(19)23-27-12-17-32-23/h5-9,11-12,17H,4,10,13-16H2,1-3H3,(H,25,26). The van der Waals surface area contributed by atoms with Gasteiger partial charge in [-0.15, -0.1) is 0 Å². The van der Waals surface area contributed by atoms with E-state index >= 15 is 0 Å². The Morgan fingerprint density at radius 3 is 2.41 bits per heavy atom. The highest BCUT2D eigenvalue weighted by atomic mass is 16.3. The minimum atomic E-state index is -0.0385. The van der Waals surface area contributed by atoms with E-state index in [0.29, 0.717) is 17.3 Å². The topological polar surface area (TPSA) is 77.7 Å². The molecule has 32 heavy (non-hydrogen) atoms. The average molecular weight is 435 g/mol. The average Bonchev–Trinajstić information content (AvgIpc) is 3.37. The van der Waals surface area contributed by atoms with Gasteiger partial charge in [0.05, 0.1) is 17.4 Å². The van der Waals surface area contributed by atoms with Crippen LogP contribution in [-0.2, 0) is 0 Å². The van der Waals surface area contributed by atoms with Gasteiger partial charge in [-0.25, -0.2) is 9.97 Å². The van der Waals surface area contributed by atoms with Crippen molar-refractivity contribution < 1.29 is 9.21 Å². The number of oxazole rings is 1. The van der Waals surface area contributed by atoms with Crippen LogP contribution in [0.15, 0.2) is 53.4 Å². The van der Waals surface area contributed by atoms with Crippen LogP contribution in [0, 0.1) is 0 Å². The summed E-state index contributed by atoms with van der Waals surface area (Å²) in [6.07, 6.45) is 6.01. The second-order valence-corrected chi connectivity index (χ2v) is 8.01. The van der Waals surface area contributed by atoms with Crippen LogP contribution >= 0.6 is 0 Å². The summed E-state index contributed by atoms with van der Waals surface area (Å²) >= 11 is 0. The fourth-order valence-electron chi connectivity index (χ4n) is 4.00. The van der Waals surface area contributed by atoms with E-state index < -0.39 is 0 Å². The quantitative estimate of drug-likeness (QED) is 0.609. The second kappa shape index (κ2) is 9.72. The van der Waals surface area contributed by atoms with E-state index in [4.69, 9.17) is 4.42 Å². The molecule has 8 heteroatoms. The van der Waals surface area contributed by atoms with Crippen molar-refractivity contribution in [1.82, 2.24) is 14.9 Å². The van der Waals surface area contributed by atoms with Crippen molar-refractivity contribution in [2.45, 2.75) is 13.3 Å². The highest BCUT2D eigenvalue weighted by molar-refractivity contribution is 6.04. The van der Waals surface area contributed by atoms with E-state index in [1.807, 2.05) is 24.3 Å². The molecule has 0 unspecified atom stereocenters. The van der Waals surface area contributed by atoms with Gasteiger partial charge < -0.3 is 24.4 Å². The van der Waals surface area contributed by atoms with Gasteiger partial charge in [-0.2, -0.15) is 0 Å². The van der Waals surface area contributed by atoms with Crippen LogP contribution in [-0.4, -0.2) is 67.6 Å². The molecule has 8 nitrogen and oxygen atoms in total. The van der Waals surface area contributed by atoms with Crippen LogP contribution in [0.5, 0.6) is 0 Å². The Bertz CT molecular complexity index is 1040. The largest absolute Gasteiger partial charge is 0.444 e. The maximum atomic E-state index is 13.0. The van der Waals surface area contributed by atoms with Crippen LogP contribution in [0.3, 0.4) is 0 Å². The number of pyridine rings is 1. The van der Waals surface area contributed by atoms with E-state index in [1.165, 1.54) is 0 Å². The molecule has 1 aliphatic heterocycles. The van der Waals surface area contributed by atoms with Crippen molar-refractivity contribution in [3.63, 3.8) is 0 Å². The maximum Gasteiger partial charge on any atom is 0.259 e. The van der Waals surface area contributed by atoms with Gasteiger partial charge >= 0.3 is 0 Å². The summed E-state index contributed by atoms with van der Waals surface area (Å²) in [7, 11) is 3.56. The molecule has 1 aromatic carbocycles. The summed E-state index contributed by atoms with van der Waals surface area (Å²) in [6, 6.07) is 10.1. The number of nitrogens with zero attached hydrogens (tertiary/aromatic N) is 5. The van der Waals surface area contributed by atoms with Crippen LogP contribution in [0.1, 0.15) is 23.7 Å². The van der Waals surface area contributed by atoms with Gasteiger partial charge in [0.1, 0.15) is 17.6 Å². The molecular formula is C24H30N6O2. The minimum absolute atomic E-state index is 0.0385. The molecule has 0 radical (unpaired) electrons. The summed E-state index contributed by atoms with van der Waals surface area (Å²) in [5.41, 5.74) is 3.67. The zero-order chi connectivity index (χ0) is 22.5. The highest BCUT2D eigenvalue weighted by Crippen LogP contribution is 2.32. The number of hydrogen-bond donors (Lipinski definition) is 1. The van der Waals surface area contributed by atoms with Crippen molar-refractivity contribution >= 4 is 23.1 Å². The lowest BCUT2D eigenvalue weighted by molar-refractivity contribution is 0.0828. The number of carbonyl (C=O) groups excluding carboxylic acids is 1. The van der Waals surface area contributed by atoms with E-state index in [-0.39, 0.29) is 5.91 Å². The zero-order valence-corrected chi connectivity index (χ0v) is 18.9. The Labute approximate surface area is 188 Å². The molecule has 4 rings (SSSR count). The number of hydrogen-bond acceptors (Lipinski definition) is 7. The van der Waals surface area contributed by atoms with Crippen LogP contribution in [0.25, 0.3) is 11.5 Å². The Kier molecular flexibility index (Phi) is 6.58. The van der Waals surface area contributed by atoms with E-state index in [2.05, 4.69) is 38.1 Å². The molecule has 0 bridgehead atoms. The van der Waals surface area contributed by atoms with Crippen LogP contribution in [0.2, 0.25) is 0 Å². The zero-order valence-electron chi connectivity index (χ0n) is 18.9. The second-order valence-electron chi connectivity index (χ2n) is 8.01. The summed E-state index contributed by atoms with van der Waals surface area (Å²) in [4.78, 5) is 28.1. The number of para-hydroxylation sites is 1. The van der Waals surface area contributed by atoms with Crippen molar-refractivity contribution in [1.29, 1.82) is 0 Å². The molecular weight excluding hydrogens is 404 g/mol. The maximum absolute atomic E-state index is 13.0. The summed E-state index contributed by atoms with van der Waals surface area (Å²) in [5.74, 6) is 1.24. The number of aromatic nitrogens is 2. The third-order valence-electron chi connectivity index (χ3n) is 5.62. The molecule has 0 saturated carbocycles. The number of amides is 1. The molecule has 0 spiro atoms. The molecule has 1 N–H and O–H groups in total. The molecule has 3 aromatic rings. The van der Waals surface area contributed by atoms with Crippen molar-refractivity contribution in [3.05, 3.63) is 54.6 Å². The van der Waals surface area contributed by atoms with Gasteiger partial charge in [-0.05, 0) is 24.6 Å². The molecule has 1 aliphatic rings. The number of benzene rings is 1. The van der Waals surface area contributed by atoms with Gasteiger partial charge in [-0.3, -0.25) is 4.79 Å². The van der Waals surface area contributed by atoms with Crippen molar-refractivity contribution in [3.8, 4) is 11.5 Å². The van der Waals surface area contributed by atoms with Crippen LogP contribution in [0.4, 0.5) is 17.2 Å². The lowest BCUT2D eigenvalue weighted by Gasteiger charge is -2.38. The molecule has 2 aromatic heterocycles. The lowest BCUT2D eigenvalue weighted by Crippen LogP contribution is -2.47. The van der Waals surface area contributed by atoms with Gasteiger partial charge in [0.25, 0.3) is 5.91 Å². The normalized spacial score (nSPS) is 13.8. The Balaban J connectivity index is 1.57. The SMILES string of the molecule is CCCNc1nccc(N2CCN(c3ccccc3-c3ncco3)CC2)c1C(=O)N(C)C. The fraction of sp³-hybridized carbons (Fsp3) is 0.375. The molecule has 1 saturated heterocycles. The number of rotatable bonds is 7. The van der Waals surface area contributed by atoms with Crippen LogP contribution < -0.4 is 15.1 Å². The number of anilines is 3. The highest BCUT2D eigenvalue weighted by Gasteiger charge is 2.26. The van der Waals surface area contributed by atoms with Gasteiger partial charge in [0.2, 0.25) is 5.89 Å². The molecule has 1 amide bonds. The summed E-state index contributed by atoms with van der Waals surface area (Å²) in [6.45, 7) is 6.12. The van der Waals surface area contributed by atoms with E-state index in [0.717, 1.165) is 56.1 Å². The van der Waals surface area contributed by atoms with Gasteiger partial charge in [-0.1, -0.05) is 19.1 Å². The third kappa shape index (κ3) is 4.39. The number of piperazine rings is 1. The van der Waals surface area contributed by atoms with Gasteiger partial charge in [0.15, 0.2) is 0 Å². The Morgan fingerprint density at radius 1 is 1.03 bits per heavy atom. The first-order valence-electron chi connectivity index (χ1n) is 11.0. The predicted molar refractivity (Wildman–Crippen MR) is 127 cm³/mol. The predicted octanol–water partition coefficient (Wildman–Crippen LogP) is 3.59. The molecule has 0 aliphatic carbocycles. The molecule has 1 fully saturated rings. The molecule has 0 atom stereocenters.